The van der Waals surface area contributed by atoms with Gasteiger partial charge in [0.2, 0.25) is 0 Å². The van der Waals surface area contributed by atoms with Crippen LogP contribution in [0.5, 0.6) is 0 Å². The molecule has 1 atom stereocenters. The van der Waals surface area contributed by atoms with Crippen molar-refractivity contribution in [3.8, 4) is 0 Å². The number of nitrogens with zero attached hydrogens (tertiary/aromatic N) is 1. The van der Waals surface area contributed by atoms with Gasteiger partial charge in [0.15, 0.2) is 0 Å². The van der Waals surface area contributed by atoms with Crippen molar-refractivity contribution in [3.63, 3.8) is 0 Å². The second-order valence-corrected chi connectivity index (χ2v) is 7.45. The molecule has 0 aliphatic heterocycles. The van der Waals surface area contributed by atoms with Crippen LogP contribution in [0, 0.1) is 6.92 Å². The molecule has 3 rings (SSSR count). The van der Waals surface area contributed by atoms with Crippen LogP contribution < -0.4 is 10.9 Å². The number of aryl methyl sites for hydroxylation is 2. The fourth-order valence-electron chi connectivity index (χ4n) is 3.05. The number of hydrogen-bond acceptors (Lipinski definition) is 3. The summed E-state index contributed by atoms with van der Waals surface area (Å²) in [7, 11) is 0. The minimum Gasteiger partial charge on any atom is -0.345 e. The van der Waals surface area contributed by atoms with Gasteiger partial charge in [-0.15, -0.1) is 11.3 Å². The van der Waals surface area contributed by atoms with Crippen molar-refractivity contribution in [2.75, 3.05) is 0 Å². The lowest BCUT2D eigenvalue weighted by Crippen LogP contribution is -2.28. The molecule has 5 heteroatoms. The van der Waals surface area contributed by atoms with Gasteiger partial charge in [-0.05, 0) is 31.9 Å². The van der Waals surface area contributed by atoms with Crippen LogP contribution in [0.25, 0.3) is 10.1 Å². The van der Waals surface area contributed by atoms with E-state index in [0.29, 0.717) is 17.5 Å². The highest BCUT2D eigenvalue weighted by Gasteiger charge is 2.21. The zero-order valence-electron chi connectivity index (χ0n) is 14.7. The fourth-order valence-corrected chi connectivity index (χ4v) is 4.10. The number of fused-ring (bicyclic) bond motifs is 1. The second kappa shape index (κ2) is 7.23. The summed E-state index contributed by atoms with van der Waals surface area (Å²) in [5.74, 6) is -0.188. The molecule has 1 aromatic carbocycles. The summed E-state index contributed by atoms with van der Waals surface area (Å²) in [6.45, 7) is 6.54. The molecule has 0 bridgehead atoms. The van der Waals surface area contributed by atoms with E-state index in [-0.39, 0.29) is 17.5 Å². The van der Waals surface area contributed by atoms with Crippen LogP contribution in [-0.2, 0) is 6.54 Å². The van der Waals surface area contributed by atoms with E-state index in [4.69, 9.17) is 0 Å². The monoisotopic (exact) mass is 354 g/mol. The third-order valence-electron chi connectivity index (χ3n) is 4.33. The molecule has 2 heterocycles. The Morgan fingerprint density at radius 3 is 2.64 bits per heavy atom. The van der Waals surface area contributed by atoms with Gasteiger partial charge in [0.25, 0.3) is 11.5 Å². The Morgan fingerprint density at radius 1 is 1.24 bits per heavy atom. The molecule has 3 aromatic rings. The summed E-state index contributed by atoms with van der Waals surface area (Å²) in [6, 6.07) is 11.6. The minimum absolute atomic E-state index is 0.0822. The van der Waals surface area contributed by atoms with Gasteiger partial charge >= 0.3 is 0 Å². The number of aromatic nitrogens is 1. The van der Waals surface area contributed by atoms with E-state index in [2.05, 4.69) is 5.32 Å². The number of carbonyl (C=O) groups excluding carboxylic acids is 1. The molecule has 4 nitrogen and oxygen atoms in total. The molecule has 0 spiro atoms. The van der Waals surface area contributed by atoms with E-state index in [0.717, 1.165) is 21.6 Å². The lowest BCUT2D eigenvalue weighted by atomic mass is 10.1. The highest BCUT2D eigenvalue weighted by molar-refractivity contribution is 7.19. The largest absolute Gasteiger partial charge is 0.345 e. The van der Waals surface area contributed by atoms with Crippen molar-refractivity contribution in [2.24, 2.45) is 0 Å². The molecule has 0 fully saturated rings. The van der Waals surface area contributed by atoms with E-state index >= 15 is 0 Å². The lowest BCUT2D eigenvalue weighted by molar-refractivity contribution is 0.0941. The van der Waals surface area contributed by atoms with Gasteiger partial charge in [-0.3, -0.25) is 9.59 Å². The number of thiophene rings is 1. The first-order chi connectivity index (χ1) is 12.0. The van der Waals surface area contributed by atoms with E-state index in [1.54, 1.807) is 4.57 Å². The van der Waals surface area contributed by atoms with Crippen molar-refractivity contribution >= 4 is 27.3 Å². The fraction of sp³-hybridized carbons (Fsp3) is 0.300. The van der Waals surface area contributed by atoms with Gasteiger partial charge in [0, 0.05) is 22.3 Å². The van der Waals surface area contributed by atoms with Crippen molar-refractivity contribution in [3.05, 3.63) is 69.0 Å². The third kappa shape index (κ3) is 3.37. The Balaban J connectivity index is 2.00. The molecule has 25 heavy (non-hydrogen) atoms. The van der Waals surface area contributed by atoms with Gasteiger partial charge in [0.05, 0.1) is 17.0 Å². The van der Waals surface area contributed by atoms with Crippen molar-refractivity contribution in [1.82, 2.24) is 9.88 Å². The summed E-state index contributed by atoms with van der Waals surface area (Å²) in [4.78, 5) is 26.6. The van der Waals surface area contributed by atoms with Crippen molar-refractivity contribution in [1.29, 1.82) is 0 Å². The molecule has 2 aromatic heterocycles. The number of amides is 1. The van der Waals surface area contributed by atoms with Crippen molar-refractivity contribution < 1.29 is 4.79 Å². The first-order valence-corrected chi connectivity index (χ1v) is 9.33. The zero-order chi connectivity index (χ0) is 18.0. The van der Waals surface area contributed by atoms with Gasteiger partial charge in [-0.1, -0.05) is 37.3 Å². The molecule has 0 radical (unpaired) electrons. The highest BCUT2D eigenvalue weighted by Crippen LogP contribution is 2.29. The molecular formula is C20H22N2O2S. The summed E-state index contributed by atoms with van der Waals surface area (Å²) in [5.41, 5.74) is 1.47. The van der Waals surface area contributed by atoms with Gasteiger partial charge in [-0.25, -0.2) is 0 Å². The Hall–Kier alpha value is -2.40. The molecule has 1 N–H and O–H groups in total. The van der Waals surface area contributed by atoms with E-state index in [1.807, 2.05) is 63.4 Å². The van der Waals surface area contributed by atoms with Crippen LogP contribution in [0.2, 0.25) is 0 Å². The number of carbonyl (C=O) groups is 1. The maximum absolute atomic E-state index is 12.9. The SMILES string of the molecule is CCCn1ccc2sc(C)c(C(=O)NC(C)c3ccccc3)c2c1=O. The number of hydrogen-bond donors (Lipinski definition) is 1. The van der Waals surface area contributed by atoms with Crippen molar-refractivity contribution in [2.45, 2.75) is 39.8 Å². The van der Waals surface area contributed by atoms with Gasteiger partial charge in [0.1, 0.15) is 0 Å². The average molecular weight is 354 g/mol. The molecule has 1 unspecified atom stereocenters. The summed E-state index contributed by atoms with van der Waals surface area (Å²) >= 11 is 1.50. The van der Waals surface area contributed by atoms with Crippen LogP contribution in [0.3, 0.4) is 0 Å². The Bertz CT molecular complexity index is 957. The molecular weight excluding hydrogens is 332 g/mol. The van der Waals surface area contributed by atoms with Gasteiger partial charge < -0.3 is 9.88 Å². The predicted octanol–water partition coefficient (Wildman–Crippen LogP) is 4.27. The minimum atomic E-state index is -0.188. The Labute approximate surface area is 151 Å². The zero-order valence-corrected chi connectivity index (χ0v) is 15.5. The molecule has 130 valence electrons. The molecule has 1 amide bonds. The van der Waals surface area contributed by atoms with Crippen LogP contribution in [0.4, 0.5) is 0 Å². The number of rotatable bonds is 5. The van der Waals surface area contributed by atoms with Crippen LogP contribution >= 0.6 is 11.3 Å². The second-order valence-electron chi connectivity index (χ2n) is 6.19. The maximum Gasteiger partial charge on any atom is 0.260 e. The first kappa shape index (κ1) is 17.4. The Kier molecular flexibility index (Phi) is 5.04. The third-order valence-corrected chi connectivity index (χ3v) is 5.40. The van der Waals surface area contributed by atoms with E-state index in [1.165, 1.54) is 11.3 Å². The molecule has 0 saturated heterocycles. The van der Waals surface area contributed by atoms with Crippen LogP contribution in [0.15, 0.2) is 47.4 Å². The number of benzene rings is 1. The topological polar surface area (TPSA) is 51.1 Å². The summed E-state index contributed by atoms with van der Waals surface area (Å²) in [5, 5.41) is 3.57. The predicted molar refractivity (Wildman–Crippen MR) is 103 cm³/mol. The summed E-state index contributed by atoms with van der Waals surface area (Å²) in [6.07, 6.45) is 2.69. The van der Waals surface area contributed by atoms with Gasteiger partial charge in [-0.2, -0.15) is 0 Å². The molecule has 0 aliphatic carbocycles. The molecule has 0 aliphatic rings. The normalized spacial score (nSPS) is 12.3. The standard InChI is InChI=1S/C20H22N2O2S/c1-4-11-22-12-10-16-18(20(22)24)17(14(3)25-16)19(23)21-13(2)15-8-6-5-7-9-15/h5-10,12-13H,4,11H2,1-3H3,(H,21,23). The number of pyridine rings is 1. The van der Waals surface area contributed by atoms with E-state index < -0.39 is 0 Å². The van der Waals surface area contributed by atoms with Crippen LogP contribution in [0.1, 0.15) is 47.1 Å². The molecule has 0 saturated carbocycles. The maximum atomic E-state index is 12.9. The summed E-state index contributed by atoms with van der Waals surface area (Å²) < 4.78 is 2.55. The lowest BCUT2D eigenvalue weighted by Gasteiger charge is -2.14. The quantitative estimate of drug-likeness (QED) is 0.744. The Morgan fingerprint density at radius 2 is 1.96 bits per heavy atom. The number of nitrogens with one attached hydrogen (secondary N) is 1. The first-order valence-electron chi connectivity index (χ1n) is 8.51. The highest BCUT2D eigenvalue weighted by atomic mass is 32.1. The average Bonchev–Trinajstić information content (AvgIpc) is 2.95. The van der Waals surface area contributed by atoms with E-state index in [9.17, 15) is 9.59 Å². The smallest absolute Gasteiger partial charge is 0.260 e. The van der Waals surface area contributed by atoms with Crippen LogP contribution in [-0.4, -0.2) is 10.5 Å².